The van der Waals surface area contributed by atoms with E-state index < -0.39 is 11.8 Å². The van der Waals surface area contributed by atoms with Gasteiger partial charge in [0.1, 0.15) is 34.2 Å². The molecule has 0 spiro atoms. The lowest BCUT2D eigenvalue weighted by Crippen LogP contribution is -1.97. The number of fused-ring (bicyclic) bond motifs is 1. The number of aryl methyl sites for hydroxylation is 2. The Morgan fingerprint density at radius 2 is 1.85 bits per heavy atom. The molecular formula is C20H14FNO5. The van der Waals surface area contributed by atoms with Gasteiger partial charge in [0.15, 0.2) is 0 Å². The van der Waals surface area contributed by atoms with Crippen molar-refractivity contribution in [3.05, 3.63) is 59.2 Å². The number of rotatable bonds is 3. The van der Waals surface area contributed by atoms with E-state index in [2.05, 4.69) is 5.16 Å². The lowest BCUT2D eigenvalue weighted by molar-refractivity contribution is 0.0699. The predicted octanol–water partition coefficient (Wildman–Crippen LogP) is 4.91. The lowest BCUT2D eigenvalue weighted by atomic mass is 9.99. The molecule has 0 saturated heterocycles. The van der Waals surface area contributed by atoms with E-state index in [1.54, 1.807) is 19.9 Å². The minimum atomic E-state index is -1.21. The van der Waals surface area contributed by atoms with E-state index in [1.807, 2.05) is 0 Å². The Labute approximate surface area is 152 Å². The number of phenolic OH excluding ortho intramolecular Hbond substituents is 1. The van der Waals surface area contributed by atoms with Crippen LogP contribution in [0.25, 0.3) is 33.4 Å². The van der Waals surface area contributed by atoms with E-state index in [-0.39, 0.29) is 28.0 Å². The molecule has 136 valence electrons. The number of hydrogen-bond donors (Lipinski definition) is 2. The van der Waals surface area contributed by atoms with Gasteiger partial charge in [0, 0.05) is 16.5 Å². The maximum atomic E-state index is 13.2. The molecule has 2 N–H and O–H groups in total. The van der Waals surface area contributed by atoms with Crippen molar-refractivity contribution in [1.82, 2.24) is 5.16 Å². The van der Waals surface area contributed by atoms with Gasteiger partial charge in [-0.05, 0) is 50.2 Å². The molecule has 2 aromatic carbocycles. The Kier molecular flexibility index (Phi) is 3.73. The normalized spacial score (nSPS) is 11.2. The highest BCUT2D eigenvalue weighted by molar-refractivity contribution is 6.09. The molecular weight excluding hydrogens is 353 g/mol. The van der Waals surface area contributed by atoms with Gasteiger partial charge < -0.3 is 19.2 Å². The number of aromatic carboxylic acids is 1. The van der Waals surface area contributed by atoms with E-state index in [9.17, 15) is 19.4 Å². The van der Waals surface area contributed by atoms with Crippen molar-refractivity contribution in [3.63, 3.8) is 0 Å². The Morgan fingerprint density at radius 1 is 1.15 bits per heavy atom. The molecule has 0 saturated carbocycles. The summed E-state index contributed by atoms with van der Waals surface area (Å²) in [6, 6.07) is 8.22. The fourth-order valence-electron chi connectivity index (χ4n) is 3.22. The van der Waals surface area contributed by atoms with Crippen molar-refractivity contribution in [2.45, 2.75) is 13.8 Å². The quantitative estimate of drug-likeness (QED) is 0.534. The maximum absolute atomic E-state index is 13.2. The fraction of sp³-hybridized carbons (Fsp3) is 0.100. The van der Waals surface area contributed by atoms with Crippen molar-refractivity contribution in [2.75, 3.05) is 0 Å². The van der Waals surface area contributed by atoms with Crippen LogP contribution in [-0.4, -0.2) is 21.3 Å². The molecule has 0 atom stereocenters. The third-order valence-electron chi connectivity index (χ3n) is 4.43. The lowest BCUT2D eigenvalue weighted by Gasteiger charge is -2.04. The first-order valence-electron chi connectivity index (χ1n) is 8.08. The molecule has 6 nitrogen and oxygen atoms in total. The van der Waals surface area contributed by atoms with Gasteiger partial charge in [-0.2, -0.15) is 0 Å². The van der Waals surface area contributed by atoms with Crippen LogP contribution in [0.4, 0.5) is 4.39 Å². The molecule has 2 heterocycles. The molecule has 27 heavy (non-hydrogen) atoms. The molecule has 0 radical (unpaired) electrons. The number of carbonyl (C=O) groups is 1. The number of carboxylic acid groups (broad SMARTS) is 1. The van der Waals surface area contributed by atoms with E-state index in [0.717, 1.165) is 0 Å². The summed E-state index contributed by atoms with van der Waals surface area (Å²) in [5.41, 5.74) is 2.23. The van der Waals surface area contributed by atoms with E-state index in [4.69, 9.17) is 8.94 Å². The van der Waals surface area contributed by atoms with Gasteiger partial charge in [-0.1, -0.05) is 5.16 Å². The number of aromatic hydroxyl groups is 1. The van der Waals surface area contributed by atoms with Gasteiger partial charge in [0.25, 0.3) is 0 Å². The molecule has 4 rings (SSSR count). The van der Waals surface area contributed by atoms with Crippen LogP contribution in [0.1, 0.15) is 21.8 Å². The predicted molar refractivity (Wildman–Crippen MR) is 95.2 cm³/mol. The Balaban J connectivity index is 2.01. The molecule has 2 aromatic heterocycles. The third-order valence-corrected chi connectivity index (χ3v) is 4.43. The number of hydrogen-bond acceptors (Lipinski definition) is 5. The second-order valence-corrected chi connectivity index (χ2v) is 6.18. The van der Waals surface area contributed by atoms with Gasteiger partial charge in [-0.25, -0.2) is 9.18 Å². The number of halogens is 1. The number of furan rings is 1. The molecule has 0 aliphatic carbocycles. The highest BCUT2D eigenvalue weighted by Gasteiger charge is 2.25. The largest absolute Gasteiger partial charge is 0.507 e. The van der Waals surface area contributed by atoms with E-state index in [0.29, 0.717) is 28.1 Å². The molecule has 0 unspecified atom stereocenters. The summed E-state index contributed by atoms with van der Waals surface area (Å²) in [4.78, 5) is 11.8. The van der Waals surface area contributed by atoms with Gasteiger partial charge in [0.05, 0.1) is 11.3 Å². The fourth-order valence-corrected chi connectivity index (χ4v) is 3.22. The Morgan fingerprint density at radius 3 is 2.44 bits per heavy atom. The maximum Gasteiger partial charge on any atom is 0.340 e. The van der Waals surface area contributed by atoms with Gasteiger partial charge in [-0.3, -0.25) is 0 Å². The monoisotopic (exact) mass is 367 g/mol. The van der Waals surface area contributed by atoms with Crippen LogP contribution in [0.15, 0.2) is 45.3 Å². The second kappa shape index (κ2) is 5.98. The first kappa shape index (κ1) is 16.8. The van der Waals surface area contributed by atoms with Crippen molar-refractivity contribution in [2.24, 2.45) is 0 Å². The van der Waals surface area contributed by atoms with Crippen molar-refractivity contribution >= 4 is 16.9 Å². The topological polar surface area (TPSA) is 96.7 Å². The van der Waals surface area contributed by atoms with Crippen molar-refractivity contribution in [1.29, 1.82) is 0 Å². The third kappa shape index (κ3) is 2.64. The number of phenols is 1. The first-order valence-corrected chi connectivity index (χ1v) is 8.08. The summed E-state index contributed by atoms with van der Waals surface area (Å²) in [6.07, 6.45) is 0. The van der Waals surface area contributed by atoms with Crippen molar-refractivity contribution < 1.29 is 28.3 Å². The SMILES string of the molecule is Cc1noc(C)c1-c1cc2oc(-c3ccc(F)cc3)c(C(=O)O)c2cc1O. The van der Waals surface area contributed by atoms with Gasteiger partial charge in [0.2, 0.25) is 0 Å². The molecule has 0 aliphatic heterocycles. The summed E-state index contributed by atoms with van der Waals surface area (Å²) in [7, 11) is 0. The summed E-state index contributed by atoms with van der Waals surface area (Å²) in [6.45, 7) is 3.46. The molecule has 0 amide bonds. The smallest absolute Gasteiger partial charge is 0.340 e. The van der Waals surface area contributed by atoms with Gasteiger partial charge in [-0.15, -0.1) is 0 Å². The summed E-state index contributed by atoms with van der Waals surface area (Å²) >= 11 is 0. The Hall–Kier alpha value is -3.61. The van der Waals surface area contributed by atoms with Crippen LogP contribution < -0.4 is 0 Å². The van der Waals surface area contributed by atoms with Crippen LogP contribution in [0.3, 0.4) is 0 Å². The van der Waals surface area contributed by atoms with Crippen molar-refractivity contribution in [3.8, 4) is 28.2 Å². The zero-order valence-electron chi connectivity index (χ0n) is 14.4. The first-order chi connectivity index (χ1) is 12.9. The highest BCUT2D eigenvalue weighted by atomic mass is 19.1. The van der Waals surface area contributed by atoms with Crippen LogP contribution in [0.2, 0.25) is 0 Å². The number of benzene rings is 2. The molecule has 0 bridgehead atoms. The summed E-state index contributed by atoms with van der Waals surface area (Å²) in [5, 5.41) is 24.3. The molecule has 4 aromatic rings. The molecule has 7 heteroatoms. The molecule has 0 aliphatic rings. The summed E-state index contributed by atoms with van der Waals surface area (Å²) in [5.74, 6) is -1.16. The minimum absolute atomic E-state index is 0.0906. The average Bonchev–Trinajstić information content (AvgIpc) is 3.15. The number of nitrogens with zero attached hydrogens (tertiary/aromatic N) is 1. The minimum Gasteiger partial charge on any atom is -0.507 e. The zero-order valence-corrected chi connectivity index (χ0v) is 14.4. The number of aromatic nitrogens is 1. The second-order valence-electron chi connectivity index (χ2n) is 6.18. The zero-order chi connectivity index (χ0) is 19.3. The number of carboxylic acids is 1. The van der Waals surface area contributed by atoms with Crippen LogP contribution in [-0.2, 0) is 0 Å². The van der Waals surface area contributed by atoms with Crippen LogP contribution in [0.5, 0.6) is 5.75 Å². The average molecular weight is 367 g/mol. The van der Waals surface area contributed by atoms with E-state index >= 15 is 0 Å². The highest BCUT2D eigenvalue weighted by Crippen LogP contribution is 2.41. The van der Waals surface area contributed by atoms with Gasteiger partial charge >= 0.3 is 5.97 Å². The molecule has 0 fully saturated rings. The van der Waals surface area contributed by atoms with Crippen LogP contribution >= 0.6 is 0 Å². The van der Waals surface area contributed by atoms with Crippen LogP contribution in [0, 0.1) is 19.7 Å². The summed E-state index contributed by atoms with van der Waals surface area (Å²) < 4.78 is 24.1. The Bertz CT molecular complexity index is 1170. The van der Waals surface area contributed by atoms with E-state index in [1.165, 1.54) is 30.3 Å². The standard InChI is InChI=1S/C20H14FNO5/c1-9-17(10(2)27-22-9)13-8-16-14(7-15(13)23)18(20(24)25)19(26-16)11-3-5-12(21)6-4-11/h3-8,23H,1-2H3,(H,24,25).